The number of alkyl halides is 3. The SMILES string of the molecule is Cc1[c-]c(-c2cc(C)c(-c3ccccc3)cn2)cc(C)c1.Cc1[c-]c(-c2cc(C)c(-c3ccccc3)cn2)cc(C)c1.Cc1[c-]c(-c2cc(C)c(-c3ccccc3)cn2)cc(C)c1.Cc1cccnc1-c1[c-]cccc1.Cc1cccnc1-c1[c-]cccc1.FC(F)(F)c1ccccc1-c1ccnc(-c2[c-]cccc2)c1.[Ir].[Ir].[Ir].[Ir]. The van der Waals surface area contributed by atoms with Crippen LogP contribution in [0.3, 0.4) is 0 Å². The van der Waals surface area contributed by atoms with E-state index in [9.17, 15) is 13.2 Å². The second-order valence-electron chi connectivity index (χ2n) is 27.2. The molecule has 0 saturated heterocycles. The minimum atomic E-state index is -4.39. The van der Waals surface area contributed by atoms with Gasteiger partial charge in [-0.05, 0) is 138 Å². The van der Waals surface area contributed by atoms with Gasteiger partial charge in [-0.25, -0.2) is 0 Å². The van der Waals surface area contributed by atoms with Crippen LogP contribution in [0.5, 0.6) is 0 Å². The summed E-state index contributed by atoms with van der Waals surface area (Å²) in [6.07, 6.45) is 6.63. The van der Waals surface area contributed by atoms with Gasteiger partial charge in [0.2, 0.25) is 0 Å². The fourth-order valence-corrected chi connectivity index (χ4v) is 12.9. The molecule has 6 heterocycles. The molecule has 0 aliphatic heterocycles. The summed E-state index contributed by atoms with van der Waals surface area (Å²) in [5, 5.41) is 0. The molecule has 4 radical (unpaired) electrons. The fraction of sp³-hybridized carbons (Fsp3) is 0.118. The van der Waals surface area contributed by atoms with Crippen LogP contribution in [0.25, 0.3) is 112 Å². The normalized spacial score (nSPS) is 10.2. The molecule has 0 unspecified atom stereocenters. The maximum atomic E-state index is 13.1. The van der Waals surface area contributed by atoms with Crippen LogP contribution >= 0.6 is 0 Å². The zero-order chi connectivity index (χ0) is 78.2. The monoisotopic (exact) mass is 2220 g/mol. The molecule has 6 nitrogen and oxygen atoms in total. The Kier molecular flexibility index (Phi) is 35.8. The summed E-state index contributed by atoms with van der Waals surface area (Å²) in [6, 6.07) is 110. The molecule has 0 aliphatic carbocycles. The van der Waals surface area contributed by atoms with Gasteiger partial charge in [-0.3, -0.25) is 0 Å². The molecule has 0 bridgehead atoms. The van der Waals surface area contributed by atoms with E-state index in [0.29, 0.717) is 11.3 Å². The Morgan fingerprint density at radius 1 is 0.252 bits per heavy atom. The standard InChI is InChI=1S/3C20H18N.C18H11F3N.2C12H10N.4Ir/c3*1-14-9-15(2)11-18(10-14)20-12-16(3)19(13-21-20)17-7-5-4-6-8-17;19-18(20,21)16-9-5-4-8-15(16)14-10-11-22-17(12-14)13-6-2-1-3-7-13;2*1-10-6-5-9-13-12(10)11-7-3-2-4-8-11;;;;/h3*4-10,12-13H,1-3H3;1-6,8-12H;2*2-7,9H,1H3;;;;/q6*-1;;;;. The van der Waals surface area contributed by atoms with Crippen LogP contribution in [-0.4, -0.2) is 29.9 Å². The third-order valence-electron chi connectivity index (χ3n) is 18.1. The Morgan fingerprint density at radius 2 is 0.583 bits per heavy atom. The molecule has 0 saturated carbocycles. The molecule has 0 fully saturated rings. The predicted octanol–water partition coefficient (Wildman–Crippen LogP) is 26.4. The zero-order valence-corrected chi connectivity index (χ0v) is 75.3. The first-order valence-corrected chi connectivity index (χ1v) is 36.7. The average molecular weight is 2220 g/mol. The number of aromatic nitrogens is 6. The van der Waals surface area contributed by atoms with Gasteiger partial charge in [0.05, 0.1) is 5.56 Å². The largest absolute Gasteiger partial charge is 0.417 e. The Balaban J connectivity index is 0.000000192. The van der Waals surface area contributed by atoms with Gasteiger partial charge in [-0.1, -0.05) is 198 Å². The summed E-state index contributed by atoms with van der Waals surface area (Å²) in [5.41, 5.74) is 32.0. The van der Waals surface area contributed by atoms with E-state index in [1.165, 1.54) is 96.2 Å². The van der Waals surface area contributed by atoms with Crippen LogP contribution in [0, 0.1) is 113 Å². The molecule has 0 amide bonds. The first-order valence-electron chi connectivity index (χ1n) is 36.7. The van der Waals surface area contributed by atoms with Crippen molar-refractivity contribution in [2.45, 2.75) is 82.3 Å². The smallest absolute Gasteiger partial charge is 0.305 e. The third kappa shape index (κ3) is 26.3. The number of halogens is 3. The fourth-order valence-electron chi connectivity index (χ4n) is 12.9. The Labute approximate surface area is 730 Å². The van der Waals surface area contributed by atoms with Gasteiger partial charge < -0.3 is 29.9 Å². The topological polar surface area (TPSA) is 77.3 Å². The van der Waals surface area contributed by atoms with Crippen molar-refractivity contribution in [2.24, 2.45) is 0 Å². The van der Waals surface area contributed by atoms with Gasteiger partial charge in [0.15, 0.2) is 0 Å². The average Bonchev–Trinajstić information content (AvgIpc) is 0.882. The summed E-state index contributed by atoms with van der Waals surface area (Å²) in [5.74, 6) is 0. The van der Waals surface area contributed by atoms with E-state index < -0.39 is 11.7 Å². The van der Waals surface area contributed by atoms with E-state index in [4.69, 9.17) is 0 Å². The molecule has 16 rings (SSSR count). The van der Waals surface area contributed by atoms with Crippen LogP contribution in [0.1, 0.15) is 66.8 Å². The van der Waals surface area contributed by atoms with Crippen molar-refractivity contribution >= 4 is 0 Å². The summed E-state index contributed by atoms with van der Waals surface area (Å²) in [7, 11) is 0. The van der Waals surface area contributed by atoms with Crippen LogP contribution in [0.4, 0.5) is 13.2 Å². The number of rotatable bonds is 10. The van der Waals surface area contributed by atoms with Gasteiger partial charge in [0, 0.05) is 134 Å². The molecule has 115 heavy (non-hydrogen) atoms. The summed E-state index contributed by atoms with van der Waals surface area (Å²) in [6.45, 7) is 23.1. The van der Waals surface area contributed by atoms with Gasteiger partial charge >= 0.3 is 6.18 Å². The molecular weight excluding hydrogens is 2140 g/mol. The Hall–Kier alpha value is -10.5. The van der Waals surface area contributed by atoms with E-state index in [2.05, 4.69) is 282 Å². The number of pyridine rings is 6. The van der Waals surface area contributed by atoms with Crippen molar-refractivity contribution in [2.75, 3.05) is 0 Å². The van der Waals surface area contributed by atoms with Crippen LogP contribution in [0.2, 0.25) is 0 Å². The number of nitrogens with zero attached hydrogens (tertiary/aromatic N) is 6. The van der Waals surface area contributed by atoms with Crippen LogP contribution in [-0.2, 0) is 86.6 Å². The van der Waals surface area contributed by atoms with Gasteiger partial charge in [0.25, 0.3) is 0 Å². The number of aryl methyl sites for hydroxylation is 11. The Bertz CT molecular complexity index is 5250. The molecule has 586 valence electrons. The van der Waals surface area contributed by atoms with Gasteiger partial charge in [0.1, 0.15) is 0 Å². The van der Waals surface area contributed by atoms with E-state index in [0.717, 1.165) is 84.6 Å². The predicted molar refractivity (Wildman–Crippen MR) is 450 cm³/mol. The zero-order valence-electron chi connectivity index (χ0n) is 65.7. The van der Waals surface area contributed by atoms with Crippen molar-refractivity contribution in [3.05, 3.63) is 419 Å². The van der Waals surface area contributed by atoms with Crippen molar-refractivity contribution in [1.82, 2.24) is 29.9 Å². The molecule has 0 aliphatic rings. The Morgan fingerprint density at radius 3 is 0.904 bits per heavy atom. The second-order valence-corrected chi connectivity index (χ2v) is 27.2. The van der Waals surface area contributed by atoms with Crippen molar-refractivity contribution in [3.63, 3.8) is 0 Å². The van der Waals surface area contributed by atoms with E-state index in [1.54, 1.807) is 24.3 Å². The molecule has 10 aromatic carbocycles. The minimum Gasteiger partial charge on any atom is -0.305 e. The van der Waals surface area contributed by atoms with E-state index in [-0.39, 0.29) is 86.0 Å². The molecule has 0 atom stereocenters. The molecule has 0 N–H and O–H groups in total. The second kappa shape index (κ2) is 45.0. The quantitative estimate of drug-likeness (QED) is 0.127. The third-order valence-corrected chi connectivity index (χ3v) is 18.1. The maximum Gasteiger partial charge on any atom is 0.417 e. The van der Waals surface area contributed by atoms with Gasteiger partial charge in [-0.15, -0.1) is 212 Å². The molecule has 0 spiro atoms. The van der Waals surface area contributed by atoms with Crippen molar-refractivity contribution in [1.29, 1.82) is 0 Å². The van der Waals surface area contributed by atoms with Crippen LogP contribution < -0.4 is 0 Å². The minimum absolute atomic E-state index is 0. The molecular formula is C102H85F3Ir4N6-6. The number of hydrogen-bond acceptors (Lipinski definition) is 6. The van der Waals surface area contributed by atoms with E-state index >= 15 is 0 Å². The summed E-state index contributed by atoms with van der Waals surface area (Å²) >= 11 is 0. The molecule has 13 heteroatoms. The maximum absolute atomic E-state index is 13.1. The van der Waals surface area contributed by atoms with Crippen molar-refractivity contribution < 1.29 is 93.6 Å². The summed E-state index contributed by atoms with van der Waals surface area (Å²) < 4.78 is 39.4. The van der Waals surface area contributed by atoms with Crippen molar-refractivity contribution in [3.8, 4) is 112 Å². The molecule has 6 aromatic heterocycles. The first-order chi connectivity index (χ1) is 53.7. The first kappa shape index (κ1) is 91.7. The number of hydrogen-bond donors (Lipinski definition) is 0. The number of benzene rings is 10. The molecule has 16 aromatic rings. The summed E-state index contributed by atoms with van der Waals surface area (Å²) in [4.78, 5) is 26.8. The van der Waals surface area contributed by atoms with Gasteiger partial charge in [-0.2, -0.15) is 13.2 Å². The van der Waals surface area contributed by atoms with E-state index in [1.807, 2.05) is 128 Å². The van der Waals surface area contributed by atoms with Crippen LogP contribution in [0.15, 0.2) is 316 Å².